The molecule has 1 unspecified atom stereocenters. The Labute approximate surface area is 122 Å². The highest BCUT2D eigenvalue weighted by Crippen LogP contribution is 2.17. The molecule has 1 aliphatic rings. The molecule has 0 bridgehead atoms. The van der Waals surface area contributed by atoms with Crippen LogP contribution in [-0.2, 0) is 6.54 Å². The van der Waals surface area contributed by atoms with E-state index in [0.29, 0.717) is 12.1 Å². The highest BCUT2D eigenvalue weighted by molar-refractivity contribution is 5.28. The van der Waals surface area contributed by atoms with Crippen LogP contribution in [0, 0.1) is 0 Å². The standard InChI is InChI=1S/C15H27N5/c1-12(2)16-8-13-9-17-15(18-10-13)20(4)11-14-6-5-7-19(14)3/h9-10,12,14,16H,5-8,11H2,1-4H3. The molecule has 1 N–H and O–H groups in total. The monoisotopic (exact) mass is 277 g/mol. The van der Waals surface area contributed by atoms with Gasteiger partial charge in [-0.1, -0.05) is 13.8 Å². The van der Waals surface area contributed by atoms with Gasteiger partial charge in [-0.3, -0.25) is 0 Å². The fraction of sp³-hybridized carbons (Fsp3) is 0.733. The van der Waals surface area contributed by atoms with Crippen molar-refractivity contribution in [2.24, 2.45) is 0 Å². The fourth-order valence-corrected chi connectivity index (χ4v) is 2.57. The molecule has 20 heavy (non-hydrogen) atoms. The van der Waals surface area contributed by atoms with Crippen LogP contribution in [0.1, 0.15) is 32.3 Å². The molecule has 0 spiro atoms. The Kier molecular flexibility index (Phi) is 5.31. The van der Waals surface area contributed by atoms with E-state index in [9.17, 15) is 0 Å². The summed E-state index contributed by atoms with van der Waals surface area (Å²) >= 11 is 0. The highest BCUT2D eigenvalue weighted by atomic mass is 15.3. The Morgan fingerprint density at radius 1 is 1.40 bits per heavy atom. The first-order chi connectivity index (χ1) is 9.56. The van der Waals surface area contributed by atoms with Crippen molar-refractivity contribution in [2.45, 2.75) is 45.3 Å². The zero-order valence-electron chi connectivity index (χ0n) is 13.1. The minimum Gasteiger partial charge on any atom is -0.342 e. The van der Waals surface area contributed by atoms with E-state index in [2.05, 4.69) is 53.0 Å². The molecule has 2 rings (SSSR count). The van der Waals surface area contributed by atoms with Crippen LogP contribution in [0.5, 0.6) is 0 Å². The number of rotatable bonds is 6. The number of nitrogens with zero attached hydrogens (tertiary/aromatic N) is 4. The van der Waals surface area contributed by atoms with Gasteiger partial charge in [0.15, 0.2) is 0 Å². The summed E-state index contributed by atoms with van der Waals surface area (Å²) in [7, 11) is 4.28. The average molecular weight is 277 g/mol. The zero-order chi connectivity index (χ0) is 14.5. The van der Waals surface area contributed by atoms with Crippen molar-refractivity contribution >= 4 is 5.95 Å². The summed E-state index contributed by atoms with van der Waals surface area (Å²) in [5.41, 5.74) is 1.13. The average Bonchev–Trinajstić information content (AvgIpc) is 2.82. The van der Waals surface area contributed by atoms with Crippen LogP contribution < -0.4 is 10.2 Å². The van der Waals surface area contributed by atoms with E-state index in [4.69, 9.17) is 0 Å². The maximum absolute atomic E-state index is 4.48. The van der Waals surface area contributed by atoms with Crippen molar-refractivity contribution < 1.29 is 0 Å². The molecule has 1 saturated heterocycles. The van der Waals surface area contributed by atoms with Crippen LogP contribution >= 0.6 is 0 Å². The Hall–Kier alpha value is -1.20. The van der Waals surface area contributed by atoms with Gasteiger partial charge in [0.25, 0.3) is 0 Å². The van der Waals surface area contributed by atoms with Crippen molar-refractivity contribution in [3.63, 3.8) is 0 Å². The predicted octanol–water partition coefficient (Wildman–Crippen LogP) is 1.50. The molecule has 1 aliphatic heterocycles. The van der Waals surface area contributed by atoms with Gasteiger partial charge >= 0.3 is 0 Å². The smallest absolute Gasteiger partial charge is 0.225 e. The van der Waals surface area contributed by atoms with E-state index in [-0.39, 0.29) is 0 Å². The van der Waals surface area contributed by atoms with Gasteiger partial charge in [-0.05, 0) is 26.4 Å². The number of likely N-dealkylation sites (tertiary alicyclic amines) is 1. The second-order valence-electron chi connectivity index (χ2n) is 6.08. The van der Waals surface area contributed by atoms with E-state index < -0.39 is 0 Å². The van der Waals surface area contributed by atoms with Gasteiger partial charge in [0.1, 0.15) is 0 Å². The lowest BCUT2D eigenvalue weighted by molar-refractivity contribution is 0.313. The van der Waals surface area contributed by atoms with Crippen molar-refractivity contribution in [1.82, 2.24) is 20.2 Å². The fourth-order valence-electron chi connectivity index (χ4n) is 2.57. The first kappa shape index (κ1) is 15.2. The molecule has 0 radical (unpaired) electrons. The van der Waals surface area contributed by atoms with E-state index >= 15 is 0 Å². The summed E-state index contributed by atoms with van der Waals surface area (Å²) in [6.45, 7) is 7.31. The molecular formula is C15H27N5. The maximum Gasteiger partial charge on any atom is 0.225 e. The van der Waals surface area contributed by atoms with Crippen LogP contribution in [0.15, 0.2) is 12.4 Å². The summed E-state index contributed by atoms with van der Waals surface area (Å²) in [6.07, 6.45) is 6.42. The molecule has 1 fully saturated rings. The van der Waals surface area contributed by atoms with Gasteiger partial charge < -0.3 is 15.1 Å². The van der Waals surface area contributed by atoms with Crippen molar-refractivity contribution in [3.05, 3.63) is 18.0 Å². The van der Waals surface area contributed by atoms with Crippen LogP contribution in [0.4, 0.5) is 5.95 Å². The molecule has 1 atom stereocenters. The number of likely N-dealkylation sites (N-methyl/N-ethyl adjacent to an activating group) is 2. The van der Waals surface area contributed by atoms with Gasteiger partial charge in [0, 0.05) is 50.2 Å². The van der Waals surface area contributed by atoms with Gasteiger partial charge in [-0.15, -0.1) is 0 Å². The van der Waals surface area contributed by atoms with Crippen molar-refractivity contribution in [3.8, 4) is 0 Å². The van der Waals surface area contributed by atoms with E-state index in [1.54, 1.807) is 0 Å². The third-order valence-corrected chi connectivity index (χ3v) is 3.90. The number of hydrogen-bond donors (Lipinski definition) is 1. The minimum atomic E-state index is 0.482. The van der Waals surface area contributed by atoms with Crippen LogP contribution in [0.3, 0.4) is 0 Å². The first-order valence-electron chi connectivity index (χ1n) is 7.52. The second kappa shape index (κ2) is 6.99. The summed E-state index contributed by atoms with van der Waals surface area (Å²) in [5, 5.41) is 3.37. The molecular weight excluding hydrogens is 250 g/mol. The minimum absolute atomic E-state index is 0.482. The molecule has 112 valence electrons. The lowest BCUT2D eigenvalue weighted by atomic mass is 10.2. The molecule has 0 aliphatic carbocycles. The Balaban J connectivity index is 1.88. The summed E-state index contributed by atoms with van der Waals surface area (Å²) in [4.78, 5) is 13.5. The van der Waals surface area contributed by atoms with Gasteiger partial charge in [0.05, 0.1) is 0 Å². The summed E-state index contributed by atoms with van der Waals surface area (Å²) < 4.78 is 0. The normalized spacial score (nSPS) is 19.8. The third kappa shape index (κ3) is 4.15. The van der Waals surface area contributed by atoms with E-state index in [0.717, 1.165) is 24.6 Å². The van der Waals surface area contributed by atoms with Crippen molar-refractivity contribution in [1.29, 1.82) is 0 Å². The Morgan fingerprint density at radius 2 is 2.10 bits per heavy atom. The molecule has 1 aromatic heterocycles. The van der Waals surface area contributed by atoms with Crippen LogP contribution in [0.2, 0.25) is 0 Å². The molecule has 0 saturated carbocycles. The molecule has 2 heterocycles. The second-order valence-corrected chi connectivity index (χ2v) is 6.08. The number of nitrogens with one attached hydrogen (secondary N) is 1. The molecule has 0 amide bonds. The largest absolute Gasteiger partial charge is 0.342 e. The molecule has 5 nitrogen and oxygen atoms in total. The number of hydrogen-bond acceptors (Lipinski definition) is 5. The number of aromatic nitrogens is 2. The molecule has 0 aromatic carbocycles. The van der Waals surface area contributed by atoms with E-state index in [1.165, 1.54) is 19.4 Å². The predicted molar refractivity (Wildman–Crippen MR) is 82.9 cm³/mol. The zero-order valence-corrected chi connectivity index (χ0v) is 13.1. The summed E-state index contributed by atoms with van der Waals surface area (Å²) in [6, 6.07) is 1.11. The first-order valence-corrected chi connectivity index (χ1v) is 7.52. The lowest BCUT2D eigenvalue weighted by Crippen LogP contribution is -2.37. The number of anilines is 1. The van der Waals surface area contributed by atoms with Gasteiger partial charge in [-0.25, -0.2) is 9.97 Å². The maximum atomic E-state index is 4.48. The van der Waals surface area contributed by atoms with Crippen LogP contribution in [-0.4, -0.2) is 54.1 Å². The Bertz CT molecular complexity index is 403. The third-order valence-electron chi connectivity index (χ3n) is 3.90. The quantitative estimate of drug-likeness (QED) is 0.854. The Morgan fingerprint density at radius 3 is 2.65 bits per heavy atom. The van der Waals surface area contributed by atoms with Gasteiger partial charge in [-0.2, -0.15) is 0 Å². The lowest BCUT2D eigenvalue weighted by Gasteiger charge is -2.25. The van der Waals surface area contributed by atoms with Crippen molar-refractivity contribution in [2.75, 3.05) is 32.1 Å². The van der Waals surface area contributed by atoms with E-state index in [1.807, 2.05) is 12.4 Å². The topological polar surface area (TPSA) is 44.3 Å². The highest BCUT2D eigenvalue weighted by Gasteiger charge is 2.22. The van der Waals surface area contributed by atoms with Crippen LogP contribution in [0.25, 0.3) is 0 Å². The molecule has 5 heteroatoms. The SMILES string of the molecule is CC(C)NCc1cnc(N(C)CC2CCCN2C)nc1. The summed E-state index contributed by atoms with van der Waals surface area (Å²) in [5.74, 6) is 0.818. The molecule has 1 aromatic rings. The van der Waals surface area contributed by atoms with Gasteiger partial charge in [0.2, 0.25) is 5.95 Å².